The van der Waals surface area contributed by atoms with Crippen LogP contribution in [0, 0.1) is 0 Å². The summed E-state index contributed by atoms with van der Waals surface area (Å²) in [6.07, 6.45) is 0. The van der Waals surface area contributed by atoms with E-state index >= 15 is 0 Å². The van der Waals surface area contributed by atoms with Gasteiger partial charge in [-0.15, -0.1) is 11.3 Å². The lowest BCUT2D eigenvalue weighted by Gasteiger charge is -2.11. The van der Waals surface area contributed by atoms with Crippen LogP contribution in [0.25, 0.3) is 98.5 Å². The molecule has 0 aliphatic carbocycles. The summed E-state index contributed by atoms with van der Waals surface area (Å²) in [7, 11) is 0. The molecule has 4 nitrogen and oxygen atoms in total. The molecular formula is C45H27N3OS. The van der Waals surface area contributed by atoms with Gasteiger partial charge >= 0.3 is 0 Å². The van der Waals surface area contributed by atoms with E-state index in [1.807, 2.05) is 103 Å². The second-order valence-electron chi connectivity index (χ2n) is 11.9. The number of thiophene rings is 1. The van der Waals surface area contributed by atoms with Gasteiger partial charge in [-0.3, -0.25) is 0 Å². The Labute approximate surface area is 301 Å². The van der Waals surface area contributed by atoms with E-state index in [1.54, 1.807) is 6.07 Å². The van der Waals surface area contributed by atoms with Crippen molar-refractivity contribution in [1.29, 1.82) is 0 Å². The molecule has 0 saturated heterocycles. The van der Waals surface area contributed by atoms with Gasteiger partial charge in [0.25, 0.3) is 0 Å². The topological polar surface area (TPSA) is 51.8 Å². The average Bonchev–Trinajstić information content (AvgIpc) is 3.84. The molecule has 0 amide bonds. The predicted molar refractivity (Wildman–Crippen MR) is 207 cm³/mol. The largest absolute Gasteiger partial charge is 0.455 e. The molecule has 0 bridgehead atoms. The normalized spacial score (nSPS) is 13.6. The van der Waals surface area contributed by atoms with Crippen LogP contribution in [0.1, 0.15) is 9.60 Å². The number of rotatable bonds is 5. The predicted octanol–water partition coefficient (Wildman–Crippen LogP) is 12.5. The molecule has 7 aromatic carbocycles. The maximum absolute atomic E-state index is 9.07. The molecule has 0 spiro atoms. The van der Waals surface area contributed by atoms with Crippen LogP contribution >= 0.6 is 11.3 Å². The molecule has 0 N–H and O–H groups in total. The number of furan rings is 1. The van der Waals surface area contributed by atoms with Crippen molar-refractivity contribution in [1.82, 2.24) is 15.0 Å². The molecule has 10 rings (SSSR count). The number of para-hydroxylation sites is 2. The van der Waals surface area contributed by atoms with Crippen molar-refractivity contribution < 1.29 is 14.0 Å². The van der Waals surface area contributed by atoms with E-state index in [0.717, 1.165) is 44.4 Å². The van der Waals surface area contributed by atoms with Gasteiger partial charge in [0, 0.05) is 42.1 Å². The van der Waals surface area contributed by atoms with E-state index in [-0.39, 0.29) is 51.7 Å². The molecule has 0 atom stereocenters. The van der Waals surface area contributed by atoms with Gasteiger partial charge < -0.3 is 4.42 Å². The number of hydrogen-bond acceptors (Lipinski definition) is 5. The Morgan fingerprint density at radius 2 is 1.12 bits per heavy atom. The fraction of sp³-hybridized carbons (Fsp3) is 0. The van der Waals surface area contributed by atoms with E-state index in [4.69, 9.17) is 29.0 Å². The van der Waals surface area contributed by atoms with Crippen molar-refractivity contribution in [2.45, 2.75) is 0 Å². The van der Waals surface area contributed by atoms with Crippen molar-refractivity contribution in [2.24, 2.45) is 0 Å². The number of benzene rings is 7. The van der Waals surface area contributed by atoms with E-state index in [1.165, 1.54) is 0 Å². The second kappa shape index (κ2) is 11.6. The van der Waals surface area contributed by atoms with Gasteiger partial charge in [0.2, 0.25) is 0 Å². The lowest BCUT2D eigenvalue weighted by molar-refractivity contribution is 0.669. The summed E-state index contributed by atoms with van der Waals surface area (Å²) in [5.41, 5.74) is 6.50. The first-order valence-corrected chi connectivity index (χ1v) is 16.8. The third-order valence-corrected chi connectivity index (χ3v) is 10.00. The van der Waals surface area contributed by atoms with E-state index in [9.17, 15) is 0 Å². The Bertz CT molecular complexity index is 3270. The SMILES string of the molecule is [2H]c1c([2H])c([2H])c2c(sc3c(-c4cccc(-c5nc(-c6ccc(-c7ccccc7)cc6)nc(-c6cccc7c6oc6ccccc67)n5)c4)c([2H])c([2H])c([2H])c32)c1[2H]. The summed E-state index contributed by atoms with van der Waals surface area (Å²) in [6.45, 7) is 0. The summed E-state index contributed by atoms with van der Waals surface area (Å²) in [5.74, 6) is 1.20. The second-order valence-corrected chi connectivity index (χ2v) is 12.9. The van der Waals surface area contributed by atoms with Gasteiger partial charge in [0.05, 0.1) is 15.2 Å². The maximum Gasteiger partial charge on any atom is 0.167 e. The molecular weight excluding hydrogens is 631 g/mol. The molecule has 234 valence electrons. The van der Waals surface area contributed by atoms with Crippen LogP contribution in [-0.4, -0.2) is 15.0 Å². The van der Waals surface area contributed by atoms with Crippen LogP contribution in [0.3, 0.4) is 0 Å². The highest BCUT2D eigenvalue weighted by Crippen LogP contribution is 2.41. The van der Waals surface area contributed by atoms with Gasteiger partial charge in [-0.25, -0.2) is 15.0 Å². The summed E-state index contributed by atoms with van der Waals surface area (Å²) in [5, 5.41) is 2.32. The molecule has 0 radical (unpaired) electrons. The van der Waals surface area contributed by atoms with Gasteiger partial charge in [-0.2, -0.15) is 0 Å². The van der Waals surface area contributed by atoms with Crippen LogP contribution in [0.15, 0.2) is 168 Å². The minimum absolute atomic E-state index is 0.182. The number of aromatic nitrogens is 3. The van der Waals surface area contributed by atoms with Crippen molar-refractivity contribution >= 4 is 53.4 Å². The molecule has 0 saturated carbocycles. The van der Waals surface area contributed by atoms with Crippen LogP contribution in [0.2, 0.25) is 0 Å². The maximum atomic E-state index is 9.07. The highest BCUT2D eigenvalue weighted by atomic mass is 32.1. The molecule has 0 aliphatic heterocycles. The highest BCUT2D eigenvalue weighted by Gasteiger charge is 2.18. The number of fused-ring (bicyclic) bond motifs is 6. The van der Waals surface area contributed by atoms with Gasteiger partial charge in [-0.05, 0) is 46.5 Å². The fourth-order valence-electron chi connectivity index (χ4n) is 6.47. The molecule has 3 aromatic heterocycles. The molecule has 3 heterocycles. The molecule has 50 heavy (non-hydrogen) atoms. The Kier molecular flexibility index (Phi) is 5.17. The monoisotopic (exact) mass is 664 g/mol. The molecule has 0 aliphatic rings. The van der Waals surface area contributed by atoms with Gasteiger partial charge in [0.15, 0.2) is 17.5 Å². The van der Waals surface area contributed by atoms with Gasteiger partial charge in [0.1, 0.15) is 11.2 Å². The zero-order chi connectivity index (χ0) is 39.1. The van der Waals surface area contributed by atoms with Crippen molar-refractivity contribution in [3.63, 3.8) is 0 Å². The first-order chi connectivity index (χ1) is 27.7. The van der Waals surface area contributed by atoms with E-state index in [2.05, 4.69) is 12.1 Å². The van der Waals surface area contributed by atoms with E-state index < -0.39 is 6.04 Å². The Morgan fingerprint density at radius 3 is 2.02 bits per heavy atom. The first kappa shape index (κ1) is 22.3. The number of hydrogen-bond donors (Lipinski definition) is 0. The molecule has 10 aromatic rings. The third-order valence-electron chi connectivity index (χ3n) is 8.88. The van der Waals surface area contributed by atoms with E-state index in [0.29, 0.717) is 50.0 Å². The lowest BCUT2D eigenvalue weighted by Crippen LogP contribution is -2.00. The van der Waals surface area contributed by atoms with Crippen molar-refractivity contribution in [3.05, 3.63) is 164 Å². The summed E-state index contributed by atoms with van der Waals surface area (Å²) >= 11 is 1.10. The summed E-state index contributed by atoms with van der Waals surface area (Å²) < 4.78 is 67.7. The van der Waals surface area contributed by atoms with Crippen LogP contribution in [0.4, 0.5) is 0 Å². The molecule has 5 heteroatoms. The molecule has 0 unspecified atom stereocenters. The molecule has 0 fully saturated rings. The zero-order valence-corrected chi connectivity index (χ0v) is 27.0. The Hall–Kier alpha value is -6.43. The smallest absolute Gasteiger partial charge is 0.167 e. The third kappa shape index (κ3) is 4.79. The summed E-state index contributed by atoms with van der Waals surface area (Å²) in [6, 6.07) is 37.2. The van der Waals surface area contributed by atoms with Crippen molar-refractivity contribution in [3.8, 4) is 56.4 Å². The van der Waals surface area contributed by atoms with Crippen LogP contribution < -0.4 is 0 Å². The minimum atomic E-state index is -0.411. The average molecular weight is 665 g/mol. The quantitative estimate of drug-likeness (QED) is 0.184. The zero-order valence-electron chi connectivity index (χ0n) is 33.2. The van der Waals surface area contributed by atoms with Crippen LogP contribution in [0.5, 0.6) is 0 Å². The van der Waals surface area contributed by atoms with Crippen LogP contribution in [-0.2, 0) is 0 Å². The standard InChI is InChI=1S/C45H27N3OS/c1-2-11-28(12-3-1)29-23-25-30(26-24-29)43-46-44(48-45(47-43)38-20-10-18-36-34-15-4-6-21-39(34)49-41(36)38)32-14-8-13-31(27-32)33-17-9-19-37-35-16-5-7-22-40(35)50-42(33)37/h1-27H/i5D,7D,9D,16D,17D,19D,22D. The highest BCUT2D eigenvalue weighted by molar-refractivity contribution is 7.26. The first-order valence-electron chi connectivity index (χ1n) is 19.5. The van der Waals surface area contributed by atoms with Crippen molar-refractivity contribution in [2.75, 3.05) is 0 Å². The fourth-order valence-corrected chi connectivity index (χ4v) is 7.55. The minimum Gasteiger partial charge on any atom is -0.455 e. The lowest BCUT2D eigenvalue weighted by atomic mass is 10.0. The Morgan fingerprint density at radius 1 is 0.460 bits per heavy atom. The number of nitrogens with zero attached hydrogens (tertiary/aromatic N) is 3. The Balaban J connectivity index is 1.19. The summed E-state index contributed by atoms with van der Waals surface area (Å²) in [4.78, 5) is 15.0. The van der Waals surface area contributed by atoms with Gasteiger partial charge in [-0.1, -0.05) is 139 Å².